The van der Waals surface area contributed by atoms with Crippen molar-refractivity contribution in [2.24, 2.45) is 0 Å². The molecule has 0 aliphatic heterocycles. The van der Waals surface area contributed by atoms with Gasteiger partial charge in [0.15, 0.2) is 0 Å². The summed E-state index contributed by atoms with van der Waals surface area (Å²) in [5, 5.41) is 1.02. The molecule has 0 unspecified atom stereocenters. The van der Waals surface area contributed by atoms with E-state index in [9.17, 15) is 26.4 Å². The molecule has 0 aliphatic rings. The Balaban J connectivity index is 2.44. The van der Waals surface area contributed by atoms with Gasteiger partial charge in [-0.3, -0.25) is 4.79 Å². The Morgan fingerprint density at radius 1 is 1.00 bits per heavy atom. The van der Waals surface area contributed by atoms with Crippen LogP contribution in [0.5, 0.6) is 5.75 Å². The highest BCUT2D eigenvalue weighted by Crippen LogP contribution is 2.29. The summed E-state index contributed by atoms with van der Waals surface area (Å²) in [7, 11) is -5.70. The van der Waals surface area contributed by atoms with Crippen LogP contribution >= 0.6 is 0 Å². The molecule has 0 aliphatic carbocycles. The van der Waals surface area contributed by atoms with Crippen LogP contribution in [0.4, 0.5) is 13.2 Å². The van der Waals surface area contributed by atoms with Gasteiger partial charge in [-0.1, -0.05) is 18.2 Å². The van der Waals surface area contributed by atoms with Gasteiger partial charge in [0.25, 0.3) is 0 Å². The number of carbonyl (C=O) groups excluding carboxylic acids is 1. The Hall–Kier alpha value is -2.09. The second-order valence-corrected chi connectivity index (χ2v) is 5.41. The van der Waals surface area contributed by atoms with Gasteiger partial charge in [0.1, 0.15) is 12.0 Å². The summed E-state index contributed by atoms with van der Waals surface area (Å²) < 4.78 is 62.3. The van der Waals surface area contributed by atoms with Gasteiger partial charge < -0.3 is 4.18 Å². The smallest absolute Gasteiger partial charge is 0.376 e. The first-order chi connectivity index (χ1) is 9.23. The molecule has 2 aromatic carbocycles. The zero-order chi connectivity index (χ0) is 15.0. The summed E-state index contributed by atoms with van der Waals surface area (Å²) in [6.45, 7) is 0. The first kappa shape index (κ1) is 14.3. The van der Waals surface area contributed by atoms with Gasteiger partial charge in [-0.05, 0) is 29.0 Å². The number of fused-ring (bicyclic) bond motifs is 1. The van der Waals surface area contributed by atoms with Gasteiger partial charge in [0.05, 0.1) is 0 Å². The molecule has 0 radical (unpaired) electrons. The van der Waals surface area contributed by atoms with Crippen LogP contribution in [0, 0.1) is 0 Å². The van der Waals surface area contributed by atoms with Crippen molar-refractivity contribution in [1.82, 2.24) is 0 Å². The first-order valence-corrected chi connectivity index (χ1v) is 6.63. The number of hydrogen-bond acceptors (Lipinski definition) is 4. The number of halogens is 3. The lowest BCUT2D eigenvalue weighted by atomic mass is 10.1. The SMILES string of the molecule is O=Cc1ccc2ccc(OS(=O)(=O)C(F)(F)F)cc2c1. The average molecular weight is 304 g/mol. The third-order valence-corrected chi connectivity index (χ3v) is 3.44. The zero-order valence-corrected chi connectivity index (χ0v) is 10.5. The third kappa shape index (κ3) is 2.74. The fraction of sp³-hybridized carbons (Fsp3) is 0.0833. The standard InChI is InChI=1S/C12H7F3O4S/c13-12(14,15)20(17,18)19-11-4-3-9-2-1-8(7-16)5-10(9)6-11/h1-7H. The summed E-state index contributed by atoms with van der Waals surface area (Å²) in [4.78, 5) is 10.6. The van der Waals surface area contributed by atoms with Crippen LogP contribution in [-0.4, -0.2) is 20.2 Å². The van der Waals surface area contributed by atoms with E-state index in [0.717, 1.165) is 12.1 Å². The van der Waals surface area contributed by atoms with E-state index in [0.29, 0.717) is 22.6 Å². The number of carbonyl (C=O) groups is 1. The van der Waals surface area contributed by atoms with Gasteiger partial charge >= 0.3 is 15.6 Å². The predicted molar refractivity (Wildman–Crippen MR) is 64.9 cm³/mol. The molecule has 0 amide bonds. The summed E-state index contributed by atoms with van der Waals surface area (Å²) in [5.41, 5.74) is -5.18. The van der Waals surface area contributed by atoms with E-state index < -0.39 is 21.4 Å². The van der Waals surface area contributed by atoms with Crippen molar-refractivity contribution < 1.29 is 30.6 Å². The second-order valence-electron chi connectivity index (χ2n) is 3.87. The lowest BCUT2D eigenvalue weighted by molar-refractivity contribution is -0.0500. The highest BCUT2D eigenvalue weighted by Gasteiger charge is 2.48. The average Bonchev–Trinajstić information content (AvgIpc) is 2.36. The molecule has 0 spiro atoms. The minimum absolute atomic E-state index is 0.313. The maximum absolute atomic E-state index is 12.2. The quantitative estimate of drug-likeness (QED) is 0.497. The monoisotopic (exact) mass is 304 g/mol. The molecule has 106 valence electrons. The number of alkyl halides is 3. The lowest BCUT2D eigenvalue weighted by Crippen LogP contribution is -2.28. The summed E-state index contributed by atoms with van der Waals surface area (Å²) >= 11 is 0. The molecule has 0 N–H and O–H groups in total. The van der Waals surface area contributed by atoms with E-state index in [1.54, 1.807) is 6.07 Å². The van der Waals surface area contributed by atoms with Crippen LogP contribution < -0.4 is 4.18 Å². The minimum atomic E-state index is -5.70. The highest BCUT2D eigenvalue weighted by molar-refractivity contribution is 7.88. The van der Waals surface area contributed by atoms with Crippen molar-refractivity contribution >= 4 is 27.2 Å². The van der Waals surface area contributed by atoms with Crippen molar-refractivity contribution in [3.05, 3.63) is 42.0 Å². The molecule has 4 nitrogen and oxygen atoms in total. The Morgan fingerprint density at radius 3 is 2.25 bits per heavy atom. The van der Waals surface area contributed by atoms with Crippen LogP contribution in [0.1, 0.15) is 10.4 Å². The Morgan fingerprint density at radius 2 is 1.65 bits per heavy atom. The van der Waals surface area contributed by atoms with Crippen molar-refractivity contribution in [1.29, 1.82) is 0 Å². The van der Waals surface area contributed by atoms with Gasteiger partial charge in [0, 0.05) is 5.56 Å². The van der Waals surface area contributed by atoms with Crippen LogP contribution in [0.25, 0.3) is 10.8 Å². The first-order valence-electron chi connectivity index (χ1n) is 5.23. The van der Waals surface area contributed by atoms with E-state index in [-0.39, 0.29) is 0 Å². The third-order valence-electron chi connectivity index (χ3n) is 2.46. The topological polar surface area (TPSA) is 60.4 Å². The van der Waals surface area contributed by atoms with Gasteiger partial charge in [-0.25, -0.2) is 0 Å². The molecule has 8 heteroatoms. The number of hydrogen-bond donors (Lipinski definition) is 0. The molecule has 0 fully saturated rings. The van der Waals surface area contributed by atoms with E-state index in [1.807, 2.05) is 0 Å². The molecule has 0 bridgehead atoms. The highest BCUT2D eigenvalue weighted by atomic mass is 32.2. The van der Waals surface area contributed by atoms with Crippen LogP contribution in [0.15, 0.2) is 36.4 Å². The molecule has 20 heavy (non-hydrogen) atoms. The Bertz CT molecular complexity index is 766. The molecule has 0 heterocycles. The molecule has 2 aromatic rings. The fourth-order valence-corrected chi connectivity index (χ4v) is 1.99. The lowest BCUT2D eigenvalue weighted by Gasteiger charge is -2.10. The predicted octanol–water partition coefficient (Wildman–Crippen LogP) is 2.88. The molecule has 0 atom stereocenters. The molecule has 0 saturated carbocycles. The van der Waals surface area contributed by atoms with E-state index in [2.05, 4.69) is 4.18 Å². The summed E-state index contributed by atoms with van der Waals surface area (Å²) in [6.07, 6.45) is 0.569. The van der Waals surface area contributed by atoms with E-state index >= 15 is 0 Å². The van der Waals surface area contributed by atoms with Gasteiger partial charge in [-0.15, -0.1) is 0 Å². The number of rotatable bonds is 3. The van der Waals surface area contributed by atoms with Gasteiger partial charge in [-0.2, -0.15) is 21.6 Å². The number of aldehydes is 1. The largest absolute Gasteiger partial charge is 0.534 e. The maximum Gasteiger partial charge on any atom is 0.534 e. The van der Waals surface area contributed by atoms with Crippen LogP contribution in [-0.2, 0) is 10.1 Å². The molecule has 0 saturated heterocycles. The molecule has 0 aromatic heterocycles. The van der Waals surface area contributed by atoms with Crippen LogP contribution in [0.2, 0.25) is 0 Å². The normalized spacial score (nSPS) is 12.3. The van der Waals surface area contributed by atoms with E-state index in [1.165, 1.54) is 18.2 Å². The molecular formula is C12H7F3O4S. The Kier molecular flexibility index (Phi) is 3.43. The minimum Gasteiger partial charge on any atom is -0.376 e. The van der Waals surface area contributed by atoms with Crippen molar-refractivity contribution in [3.63, 3.8) is 0 Å². The maximum atomic E-state index is 12.2. The Labute approximate surface area is 111 Å². The zero-order valence-electron chi connectivity index (χ0n) is 9.72. The van der Waals surface area contributed by atoms with Crippen molar-refractivity contribution in [2.75, 3.05) is 0 Å². The second kappa shape index (κ2) is 4.78. The van der Waals surface area contributed by atoms with Crippen molar-refractivity contribution in [2.45, 2.75) is 5.51 Å². The fourth-order valence-electron chi connectivity index (χ4n) is 1.54. The molecular weight excluding hydrogens is 297 g/mol. The van der Waals surface area contributed by atoms with Crippen LogP contribution in [0.3, 0.4) is 0 Å². The molecule has 2 rings (SSSR count). The van der Waals surface area contributed by atoms with Gasteiger partial charge in [0.2, 0.25) is 0 Å². The summed E-state index contributed by atoms with van der Waals surface area (Å²) in [6, 6.07) is 8.14. The van der Waals surface area contributed by atoms with E-state index in [4.69, 9.17) is 0 Å². The number of benzene rings is 2. The summed E-state index contributed by atoms with van der Waals surface area (Å²) in [5.74, 6) is -0.474. The van der Waals surface area contributed by atoms with Crippen molar-refractivity contribution in [3.8, 4) is 5.75 Å².